The highest BCUT2D eigenvalue weighted by Crippen LogP contribution is 2.21. The number of hydroxylamine groups is 2. The molecule has 88 valence electrons. The molecule has 0 atom stereocenters. The van der Waals surface area contributed by atoms with Gasteiger partial charge in [-0.25, -0.2) is 0 Å². The molecule has 0 aromatic heterocycles. The van der Waals surface area contributed by atoms with Crippen LogP contribution in [0, 0.1) is 5.92 Å². The van der Waals surface area contributed by atoms with Crippen molar-refractivity contribution >= 4 is 0 Å². The van der Waals surface area contributed by atoms with Crippen LogP contribution in [0.2, 0.25) is 0 Å². The second-order valence-corrected chi connectivity index (χ2v) is 3.58. The summed E-state index contributed by atoms with van der Waals surface area (Å²) in [6.07, 6.45) is -1.31. The van der Waals surface area contributed by atoms with Crippen LogP contribution < -0.4 is 0 Å². The van der Waals surface area contributed by atoms with Crippen LogP contribution in [-0.2, 0) is 0 Å². The van der Waals surface area contributed by atoms with E-state index in [4.69, 9.17) is 5.21 Å². The Hall–Kier alpha value is -0.970. The molecular formula is C10H16F3NO. The van der Waals surface area contributed by atoms with Crippen LogP contribution in [0.3, 0.4) is 0 Å². The first-order valence-electron chi connectivity index (χ1n) is 4.59. The van der Waals surface area contributed by atoms with Crippen molar-refractivity contribution in [1.82, 2.24) is 5.06 Å². The molecule has 0 bridgehead atoms. The monoisotopic (exact) mass is 223 g/mol. The largest absolute Gasteiger partial charge is 0.392 e. The first kappa shape index (κ1) is 14.0. The first-order chi connectivity index (χ1) is 6.72. The maximum Gasteiger partial charge on any atom is 0.392 e. The maximum atomic E-state index is 11.8. The predicted molar refractivity (Wildman–Crippen MR) is 52.3 cm³/mol. The molecule has 0 spiro atoms. The summed E-state index contributed by atoms with van der Waals surface area (Å²) in [6, 6.07) is 0. The highest BCUT2D eigenvalue weighted by atomic mass is 19.4. The molecule has 0 aliphatic heterocycles. The third-order valence-electron chi connectivity index (χ3n) is 1.66. The second-order valence-electron chi connectivity index (χ2n) is 3.58. The fraction of sp³-hybridized carbons (Fsp3) is 0.600. The first-order valence-corrected chi connectivity index (χ1v) is 4.59. The average molecular weight is 223 g/mol. The van der Waals surface area contributed by atoms with Gasteiger partial charge < -0.3 is 0 Å². The Balaban J connectivity index is 4.43. The van der Waals surface area contributed by atoms with Gasteiger partial charge in [-0.05, 0) is 11.5 Å². The lowest BCUT2D eigenvalue weighted by Gasteiger charge is -2.10. The van der Waals surface area contributed by atoms with Crippen LogP contribution in [0.1, 0.15) is 20.3 Å². The van der Waals surface area contributed by atoms with Crippen LogP contribution in [0.4, 0.5) is 13.2 Å². The Morgan fingerprint density at radius 1 is 1.40 bits per heavy atom. The molecule has 0 aliphatic carbocycles. The zero-order chi connectivity index (χ0) is 12.1. The summed E-state index contributed by atoms with van der Waals surface area (Å²) in [5.41, 5.74) is 0.643. The fourth-order valence-corrected chi connectivity index (χ4v) is 0.929. The van der Waals surface area contributed by atoms with E-state index in [2.05, 4.69) is 0 Å². The Labute approximate surface area is 87.6 Å². The minimum absolute atomic E-state index is 0.0593. The molecule has 0 aliphatic rings. The molecule has 0 rings (SSSR count). The molecule has 0 aromatic carbocycles. The molecule has 0 aromatic rings. The van der Waals surface area contributed by atoms with Crippen molar-refractivity contribution in [3.05, 3.63) is 23.9 Å². The number of rotatable bonds is 4. The molecule has 0 saturated carbocycles. The minimum Gasteiger partial charge on any atom is -0.289 e. The molecule has 0 fully saturated rings. The van der Waals surface area contributed by atoms with Crippen LogP contribution in [-0.4, -0.2) is 23.5 Å². The van der Waals surface area contributed by atoms with Crippen LogP contribution in [0.15, 0.2) is 23.9 Å². The molecule has 1 N–H and O–H groups in total. The van der Waals surface area contributed by atoms with Crippen LogP contribution in [0.25, 0.3) is 0 Å². The number of hydrogen-bond acceptors (Lipinski definition) is 2. The van der Waals surface area contributed by atoms with Gasteiger partial charge in [-0.3, -0.25) is 10.3 Å². The van der Waals surface area contributed by atoms with Gasteiger partial charge in [-0.15, -0.1) is 0 Å². The zero-order valence-electron chi connectivity index (χ0n) is 9.04. The van der Waals surface area contributed by atoms with E-state index in [1.807, 2.05) is 13.8 Å². The van der Waals surface area contributed by atoms with Gasteiger partial charge >= 0.3 is 6.18 Å². The topological polar surface area (TPSA) is 23.5 Å². The van der Waals surface area contributed by atoms with Gasteiger partial charge in [0.15, 0.2) is 0 Å². The van der Waals surface area contributed by atoms with Crippen molar-refractivity contribution in [2.45, 2.75) is 26.4 Å². The van der Waals surface area contributed by atoms with Crippen LogP contribution >= 0.6 is 0 Å². The lowest BCUT2D eigenvalue weighted by molar-refractivity contribution is -0.125. The van der Waals surface area contributed by atoms with E-state index in [1.165, 1.54) is 19.3 Å². The molecular weight excluding hydrogens is 207 g/mol. The smallest absolute Gasteiger partial charge is 0.289 e. The van der Waals surface area contributed by atoms with Crippen molar-refractivity contribution in [3.8, 4) is 0 Å². The summed E-state index contributed by atoms with van der Waals surface area (Å²) in [6.45, 7) is 3.68. The van der Waals surface area contributed by atoms with Crippen molar-refractivity contribution in [2.75, 3.05) is 7.05 Å². The van der Waals surface area contributed by atoms with Gasteiger partial charge in [0.25, 0.3) is 0 Å². The summed E-state index contributed by atoms with van der Waals surface area (Å²) >= 11 is 0. The van der Waals surface area contributed by atoms with E-state index >= 15 is 0 Å². The van der Waals surface area contributed by atoms with Gasteiger partial charge in [0.05, 0.1) is 6.42 Å². The standard InChI is InChI=1S/C10H16F3NO/c1-8(2)9(7-14(3)15)5-4-6-10(11,12)13/h4-5,7-8,15H,6H2,1-3H3/b5-4-,9-7+. The summed E-state index contributed by atoms with van der Waals surface area (Å²) in [4.78, 5) is 0. The number of nitrogens with zero attached hydrogens (tertiary/aromatic N) is 1. The van der Waals surface area contributed by atoms with Gasteiger partial charge in [0.2, 0.25) is 0 Å². The van der Waals surface area contributed by atoms with Gasteiger partial charge in [0, 0.05) is 13.2 Å². The Bertz CT molecular complexity index is 242. The second kappa shape index (κ2) is 5.80. The summed E-state index contributed by atoms with van der Waals surface area (Å²) in [7, 11) is 1.40. The Kier molecular flexibility index (Phi) is 5.43. The molecule has 2 nitrogen and oxygen atoms in total. The Morgan fingerprint density at radius 3 is 2.27 bits per heavy atom. The molecule has 5 heteroatoms. The van der Waals surface area contributed by atoms with Gasteiger partial charge in [-0.1, -0.05) is 26.0 Å². The van der Waals surface area contributed by atoms with Crippen molar-refractivity contribution < 1.29 is 18.4 Å². The summed E-state index contributed by atoms with van der Waals surface area (Å²) < 4.78 is 35.5. The molecule has 15 heavy (non-hydrogen) atoms. The van der Waals surface area contributed by atoms with Crippen molar-refractivity contribution in [3.63, 3.8) is 0 Å². The summed E-state index contributed by atoms with van der Waals surface area (Å²) in [5.74, 6) is 0.0593. The minimum atomic E-state index is -4.18. The molecule has 0 unspecified atom stereocenters. The Morgan fingerprint density at radius 2 is 1.93 bits per heavy atom. The van der Waals surface area contributed by atoms with E-state index in [0.29, 0.717) is 5.57 Å². The lowest BCUT2D eigenvalue weighted by Crippen LogP contribution is -2.07. The number of allylic oxidation sites excluding steroid dienone is 3. The SMILES string of the molecule is CC(C)C(/C=C\CC(F)(F)F)=C/N(C)O. The van der Waals surface area contributed by atoms with Crippen molar-refractivity contribution in [1.29, 1.82) is 0 Å². The maximum absolute atomic E-state index is 11.8. The molecule has 0 heterocycles. The quantitative estimate of drug-likeness (QED) is 0.583. The van der Waals surface area contributed by atoms with E-state index < -0.39 is 12.6 Å². The van der Waals surface area contributed by atoms with E-state index in [9.17, 15) is 13.2 Å². The van der Waals surface area contributed by atoms with E-state index in [-0.39, 0.29) is 5.92 Å². The zero-order valence-corrected chi connectivity index (χ0v) is 9.04. The van der Waals surface area contributed by atoms with Crippen LogP contribution in [0.5, 0.6) is 0 Å². The van der Waals surface area contributed by atoms with Gasteiger partial charge in [0.1, 0.15) is 0 Å². The number of alkyl halides is 3. The molecule has 0 amide bonds. The van der Waals surface area contributed by atoms with Crippen molar-refractivity contribution in [2.24, 2.45) is 5.92 Å². The normalized spacial score (nSPS) is 14.0. The molecule has 0 radical (unpaired) electrons. The number of halogens is 3. The highest BCUT2D eigenvalue weighted by Gasteiger charge is 2.24. The predicted octanol–water partition coefficient (Wildman–Crippen LogP) is 3.36. The number of hydrogen-bond donors (Lipinski definition) is 1. The highest BCUT2D eigenvalue weighted by molar-refractivity contribution is 5.19. The van der Waals surface area contributed by atoms with E-state index in [1.54, 1.807) is 0 Å². The molecule has 0 saturated heterocycles. The van der Waals surface area contributed by atoms with E-state index in [0.717, 1.165) is 11.1 Å². The fourth-order valence-electron chi connectivity index (χ4n) is 0.929. The lowest BCUT2D eigenvalue weighted by atomic mass is 10.0. The third kappa shape index (κ3) is 8.05. The summed E-state index contributed by atoms with van der Waals surface area (Å²) in [5, 5.41) is 9.76. The van der Waals surface area contributed by atoms with Gasteiger partial charge in [-0.2, -0.15) is 13.2 Å². The average Bonchev–Trinajstić information content (AvgIpc) is 1.99. The third-order valence-corrected chi connectivity index (χ3v) is 1.66.